The Morgan fingerprint density at radius 3 is 2.83 bits per heavy atom. The van der Waals surface area contributed by atoms with E-state index in [4.69, 9.17) is 4.98 Å². The number of nitrogens with zero attached hydrogens (tertiary/aromatic N) is 3. The molecule has 1 saturated heterocycles. The number of carbonyl (C=O) groups excluding carboxylic acids is 2. The zero-order valence-electron chi connectivity index (χ0n) is 16.2. The molecule has 0 spiro atoms. The van der Waals surface area contributed by atoms with E-state index in [0.717, 1.165) is 29.8 Å². The second-order valence-corrected chi connectivity index (χ2v) is 9.27. The van der Waals surface area contributed by atoms with Crippen LogP contribution in [0.15, 0.2) is 22.3 Å². The molecule has 2 aromatic heterocycles. The van der Waals surface area contributed by atoms with Crippen LogP contribution in [0.4, 0.5) is 0 Å². The van der Waals surface area contributed by atoms with Crippen molar-refractivity contribution in [3.05, 3.63) is 49.8 Å². The van der Waals surface area contributed by atoms with E-state index in [1.807, 2.05) is 27.3 Å². The maximum Gasteiger partial charge on any atom is 0.254 e. The lowest BCUT2D eigenvalue weighted by Crippen LogP contribution is -2.40. The van der Waals surface area contributed by atoms with Gasteiger partial charge in [0.15, 0.2) is 0 Å². The molecule has 0 unspecified atom stereocenters. The van der Waals surface area contributed by atoms with E-state index in [1.165, 1.54) is 0 Å². The van der Waals surface area contributed by atoms with Gasteiger partial charge in [0.05, 0.1) is 18.7 Å². The monoisotopic (exact) mass is 412 g/mol. The van der Waals surface area contributed by atoms with E-state index < -0.39 is 0 Å². The van der Waals surface area contributed by atoms with Crippen LogP contribution < -0.4 is 5.56 Å². The van der Waals surface area contributed by atoms with Crippen molar-refractivity contribution in [2.45, 2.75) is 44.6 Å². The van der Waals surface area contributed by atoms with Gasteiger partial charge in [-0.05, 0) is 37.1 Å². The lowest BCUT2D eigenvalue weighted by atomic mass is 10.0. The van der Waals surface area contributed by atoms with Crippen LogP contribution in [0, 0.1) is 5.92 Å². The minimum absolute atomic E-state index is 0.0368. The summed E-state index contributed by atoms with van der Waals surface area (Å²) in [6.07, 6.45) is 3.74. The molecule has 152 valence electrons. The Labute approximate surface area is 172 Å². The number of H-pyrrole nitrogens is 1. The van der Waals surface area contributed by atoms with Gasteiger partial charge in [-0.15, -0.1) is 11.3 Å². The van der Waals surface area contributed by atoms with Gasteiger partial charge < -0.3 is 14.8 Å². The Bertz CT molecular complexity index is 996. The van der Waals surface area contributed by atoms with Gasteiger partial charge in [0, 0.05) is 41.9 Å². The molecule has 1 saturated carbocycles. The molecule has 8 heteroatoms. The van der Waals surface area contributed by atoms with Crippen LogP contribution in [-0.2, 0) is 29.0 Å². The number of aromatic nitrogens is 2. The van der Waals surface area contributed by atoms with Crippen LogP contribution in [0.5, 0.6) is 0 Å². The Kier molecular flexibility index (Phi) is 4.73. The lowest BCUT2D eigenvalue weighted by Gasteiger charge is -2.28. The highest BCUT2D eigenvalue weighted by atomic mass is 32.1. The van der Waals surface area contributed by atoms with E-state index in [9.17, 15) is 14.4 Å². The first-order valence-electron chi connectivity index (χ1n) is 10.3. The maximum atomic E-state index is 12.6. The third-order valence-corrected chi connectivity index (χ3v) is 7.04. The van der Waals surface area contributed by atoms with E-state index in [1.54, 1.807) is 11.3 Å². The minimum atomic E-state index is -0.0908. The van der Waals surface area contributed by atoms with Gasteiger partial charge in [-0.1, -0.05) is 6.07 Å². The topological polar surface area (TPSA) is 86.4 Å². The number of hydrogen-bond acceptors (Lipinski definition) is 5. The number of fused-ring (bicyclic) bond motifs is 1. The number of hydrogen-bond donors (Lipinski definition) is 1. The Hall–Kier alpha value is -2.48. The summed E-state index contributed by atoms with van der Waals surface area (Å²) in [7, 11) is 0. The Morgan fingerprint density at radius 2 is 2.07 bits per heavy atom. The largest absolute Gasteiger partial charge is 0.342 e. The molecule has 3 aliphatic rings. The second kappa shape index (κ2) is 7.40. The summed E-state index contributed by atoms with van der Waals surface area (Å²) in [5.41, 5.74) is 1.34. The number of rotatable bonds is 4. The molecule has 0 bridgehead atoms. The predicted molar refractivity (Wildman–Crippen MR) is 109 cm³/mol. The van der Waals surface area contributed by atoms with E-state index in [-0.39, 0.29) is 29.2 Å². The van der Waals surface area contributed by atoms with Crippen molar-refractivity contribution >= 4 is 23.2 Å². The number of likely N-dealkylation sites (tertiary alicyclic amines) is 1. The van der Waals surface area contributed by atoms with E-state index >= 15 is 0 Å². The maximum absolute atomic E-state index is 12.6. The molecule has 1 aliphatic carbocycles. The predicted octanol–water partition coefficient (Wildman–Crippen LogP) is 1.68. The SMILES string of the molecule is O=C(Cc1cccs1)N1CC[C@H](c2nc3c(c(=O)[nH]2)CCN(C(=O)C2CC2)C3)C1. The van der Waals surface area contributed by atoms with Crippen LogP contribution in [0.3, 0.4) is 0 Å². The fraction of sp³-hybridized carbons (Fsp3) is 0.524. The summed E-state index contributed by atoms with van der Waals surface area (Å²) < 4.78 is 0. The third kappa shape index (κ3) is 3.73. The van der Waals surface area contributed by atoms with Crippen molar-refractivity contribution in [3.63, 3.8) is 0 Å². The molecule has 2 aliphatic heterocycles. The van der Waals surface area contributed by atoms with Gasteiger partial charge in [0.2, 0.25) is 11.8 Å². The Morgan fingerprint density at radius 1 is 1.21 bits per heavy atom. The molecule has 2 fully saturated rings. The number of thiophene rings is 1. The number of amides is 2. The summed E-state index contributed by atoms with van der Waals surface area (Å²) in [6, 6.07) is 3.94. The summed E-state index contributed by atoms with van der Waals surface area (Å²) in [5, 5.41) is 1.98. The summed E-state index contributed by atoms with van der Waals surface area (Å²) in [6.45, 7) is 2.29. The van der Waals surface area contributed by atoms with Crippen LogP contribution in [0.1, 0.15) is 47.1 Å². The van der Waals surface area contributed by atoms with Gasteiger partial charge in [0.1, 0.15) is 5.82 Å². The first-order chi connectivity index (χ1) is 14.1. The number of aromatic amines is 1. The van der Waals surface area contributed by atoms with Crippen LogP contribution in [-0.4, -0.2) is 51.2 Å². The molecule has 7 nitrogen and oxygen atoms in total. The van der Waals surface area contributed by atoms with Crippen molar-refractivity contribution in [1.82, 2.24) is 19.8 Å². The molecule has 1 N–H and O–H groups in total. The standard InChI is InChI=1S/C21H24N4O3S/c26-18(10-15-2-1-9-29-15)24-7-5-14(11-24)19-22-17-12-25(21(28)13-3-4-13)8-6-16(17)20(27)23-19/h1-2,9,13-14H,3-8,10-12H2,(H,22,23,27)/t14-/m0/s1. The molecule has 0 aromatic carbocycles. The highest BCUT2D eigenvalue weighted by molar-refractivity contribution is 7.10. The average molecular weight is 413 g/mol. The van der Waals surface area contributed by atoms with Crippen LogP contribution >= 0.6 is 11.3 Å². The van der Waals surface area contributed by atoms with Crippen molar-refractivity contribution in [2.24, 2.45) is 5.92 Å². The van der Waals surface area contributed by atoms with Gasteiger partial charge in [-0.25, -0.2) is 4.98 Å². The van der Waals surface area contributed by atoms with Gasteiger partial charge in [-0.3, -0.25) is 14.4 Å². The smallest absolute Gasteiger partial charge is 0.254 e. The van der Waals surface area contributed by atoms with Gasteiger partial charge >= 0.3 is 0 Å². The van der Waals surface area contributed by atoms with Crippen molar-refractivity contribution in [2.75, 3.05) is 19.6 Å². The summed E-state index contributed by atoms with van der Waals surface area (Å²) in [4.78, 5) is 50.1. The zero-order chi connectivity index (χ0) is 20.0. The molecule has 2 aromatic rings. The quantitative estimate of drug-likeness (QED) is 0.828. The summed E-state index contributed by atoms with van der Waals surface area (Å²) >= 11 is 1.59. The van der Waals surface area contributed by atoms with E-state index in [0.29, 0.717) is 50.4 Å². The van der Waals surface area contributed by atoms with Crippen molar-refractivity contribution in [3.8, 4) is 0 Å². The highest BCUT2D eigenvalue weighted by Gasteiger charge is 2.36. The first-order valence-corrected chi connectivity index (χ1v) is 11.2. The first kappa shape index (κ1) is 18.5. The zero-order valence-corrected chi connectivity index (χ0v) is 17.0. The van der Waals surface area contributed by atoms with Crippen LogP contribution in [0.25, 0.3) is 0 Å². The number of nitrogens with one attached hydrogen (secondary N) is 1. The molecule has 4 heterocycles. The second-order valence-electron chi connectivity index (χ2n) is 8.24. The number of carbonyl (C=O) groups is 2. The van der Waals surface area contributed by atoms with Gasteiger partial charge in [0.25, 0.3) is 5.56 Å². The fourth-order valence-corrected chi connectivity index (χ4v) is 5.01. The third-order valence-electron chi connectivity index (χ3n) is 6.16. The molecular formula is C21H24N4O3S. The molecular weight excluding hydrogens is 388 g/mol. The van der Waals surface area contributed by atoms with Crippen molar-refractivity contribution < 1.29 is 9.59 Å². The Balaban J connectivity index is 1.30. The molecule has 5 rings (SSSR count). The van der Waals surface area contributed by atoms with Gasteiger partial charge in [-0.2, -0.15) is 0 Å². The van der Waals surface area contributed by atoms with Crippen molar-refractivity contribution in [1.29, 1.82) is 0 Å². The average Bonchev–Trinajstić information content (AvgIpc) is 3.22. The molecule has 1 atom stereocenters. The fourth-order valence-electron chi connectivity index (χ4n) is 4.31. The normalized spacial score (nSPS) is 21.3. The van der Waals surface area contributed by atoms with E-state index in [2.05, 4.69) is 4.98 Å². The lowest BCUT2D eigenvalue weighted by molar-refractivity contribution is -0.133. The molecule has 2 amide bonds. The molecule has 0 radical (unpaired) electrons. The minimum Gasteiger partial charge on any atom is -0.342 e. The molecule has 29 heavy (non-hydrogen) atoms. The van der Waals surface area contributed by atoms with Crippen LogP contribution in [0.2, 0.25) is 0 Å². The highest BCUT2D eigenvalue weighted by Crippen LogP contribution is 2.32. The summed E-state index contributed by atoms with van der Waals surface area (Å²) in [5.74, 6) is 1.19.